The van der Waals surface area contributed by atoms with Crippen molar-refractivity contribution in [1.82, 2.24) is 31.5 Å². The Morgan fingerprint density at radius 2 is 1.09 bits per heavy atom. The summed E-state index contributed by atoms with van der Waals surface area (Å²) in [6.07, 6.45) is -0.0546. The second-order valence-corrected chi connectivity index (χ2v) is 24.9. The molecule has 6 N–H and O–H groups in total. The minimum atomic E-state index is -1.74. The van der Waals surface area contributed by atoms with E-state index >= 15 is 19.2 Å². The number of likely N-dealkylation sites (tertiary alicyclic amines) is 1. The molecule has 0 radical (unpaired) electrons. The number of amides is 6. The zero-order valence-corrected chi connectivity index (χ0v) is 51.2. The maximum atomic E-state index is 15.4. The van der Waals surface area contributed by atoms with E-state index in [0.717, 1.165) is 18.4 Å². The number of ether oxygens (including phenoxy) is 3. The largest absolute Gasteiger partial charge is 0.488 e. The summed E-state index contributed by atoms with van der Waals surface area (Å²) in [4.78, 5) is 104. The average Bonchev–Trinajstić information content (AvgIpc) is 1.50. The smallest absolute Gasteiger partial charge is 0.326 e. The van der Waals surface area contributed by atoms with Gasteiger partial charge in [0, 0.05) is 32.2 Å². The van der Waals surface area contributed by atoms with Crippen LogP contribution in [0.3, 0.4) is 0 Å². The fourth-order valence-electron chi connectivity index (χ4n) is 10.7. The van der Waals surface area contributed by atoms with E-state index in [-0.39, 0.29) is 38.1 Å². The zero-order chi connectivity index (χ0) is 62.1. The van der Waals surface area contributed by atoms with Crippen LogP contribution in [0.2, 0.25) is 0 Å². The molecule has 0 spiro atoms. The van der Waals surface area contributed by atoms with Crippen molar-refractivity contribution in [2.75, 3.05) is 6.54 Å². The SMILES string of the molecule is CCCCCC(=O)N[C@@H](Cc1ccc(OC(C)(C)C)cc1)C(=O)N1C[C@H](OC(C)(C)C)C[C@H]1C(=O)N[C@@H](CC(=O)NC(c1ccccc1)(c1ccccc1)c1ccccc1)C(=O)N[C@H](C(=O)N[C@@H](Cc1ccccc1)C(=O)O)[C@@H](C)OC(C)(C)C. The Kier molecular flexibility index (Phi) is 23.2. The first-order chi connectivity index (χ1) is 40.1. The van der Waals surface area contributed by atoms with Crippen LogP contribution in [0.25, 0.3) is 0 Å². The van der Waals surface area contributed by atoms with Crippen LogP contribution in [-0.4, -0.2) is 117 Å². The van der Waals surface area contributed by atoms with Gasteiger partial charge >= 0.3 is 5.97 Å². The summed E-state index contributed by atoms with van der Waals surface area (Å²) in [6, 6.07) is 36.8. The molecule has 6 rings (SSSR count). The van der Waals surface area contributed by atoms with E-state index in [1.54, 1.807) is 70.2 Å². The molecule has 7 atom stereocenters. The molecule has 0 bridgehead atoms. The van der Waals surface area contributed by atoms with Crippen LogP contribution < -0.4 is 31.3 Å². The lowest BCUT2D eigenvalue weighted by atomic mass is 9.77. The number of unbranched alkanes of at least 4 members (excludes halogenated alkanes) is 2. The van der Waals surface area contributed by atoms with Gasteiger partial charge in [0.25, 0.3) is 0 Å². The zero-order valence-electron chi connectivity index (χ0n) is 51.2. The Morgan fingerprint density at radius 3 is 1.59 bits per heavy atom. The molecule has 0 saturated carbocycles. The van der Waals surface area contributed by atoms with Crippen LogP contribution in [0.1, 0.15) is 143 Å². The lowest BCUT2D eigenvalue weighted by Crippen LogP contribution is -2.62. The molecule has 17 heteroatoms. The molecule has 0 aromatic heterocycles. The van der Waals surface area contributed by atoms with Crippen LogP contribution >= 0.6 is 0 Å². The Balaban J connectivity index is 1.42. The Hall–Kier alpha value is -7.89. The molecule has 5 aromatic carbocycles. The minimum absolute atomic E-state index is 0.0238. The molecule has 1 heterocycles. The predicted octanol–water partition coefficient (Wildman–Crippen LogP) is 8.74. The first kappa shape index (κ1) is 66.3. The van der Waals surface area contributed by atoms with Crippen LogP contribution in [-0.2, 0) is 61.4 Å². The molecule has 85 heavy (non-hydrogen) atoms. The molecular formula is C68H88N6O11. The highest BCUT2D eigenvalue weighted by Gasteiger charge is 2.46. The van der Waals surface area contributed by atoms with Gasteiger partial charge in [0.1, 0.15) is 47.1 Å². The predicted molar refractivity (Wildman–Crippen MR) is 327 cm³/mol. The molecule has 5 aromatic rings. The summed E-state index contributed by atoms with van der Waals surface area (Å²) < 4.78 is 18.8. The maximum absolute atomic E-state index is 15.4. The Morgan fingerprint density at radius 1 is 0.576 bits per heavy atom. The van der Waals surface area contributed by atoms with Gasteiger partial charge in [0.15, 0.2) is 0 Å². The van der Waals surface area contributed by atoms with Crippen molar-refractivity contribution in [3.05, 3.63) is 173 Å². The number of nitrogens with one attached hydrogen (secondary N) is 5. The highest BCUT2D eigenvalue weighted by molar-refractivity contribution is 5.98. The van der Waals surface area contributed by atoms with Crippen LogP contribution in [0.5, 0.6) is 5.75 Å². The molecule has 456 valence electrons. The summed E-state index contributed by atoms with van der Waals surface area (Å²) in [5.41, 5.74) is -0.000274. The third-order valence-corrected chi connectivity index (χ3v) is 14.3. The topological polar surface area (TPSA) is 231 Å². The molecule has 1 aliphatic rings. The molecule has 0 aliphatic carbocycles. The third-order valence-electron chi connectivity index (χ3n) is 14.3. The summed E-state index contributed by atoms with van der Waals surface area (Å²) >= 11 is 0. The van der Waals surface area contributed by atoms with Crippen molar-refractivity contribution in [2.24, 2.45) is 0 Å². The van der Waals surface area contributed by atoms with Gasteiger partial charge in [-0.05, 0) is 116 Å². The highest BCUT2D eigenvalue weighted by Crippen LogP contribution is 2.37. The van der Waals surface area contributed by atoms with Gasteiger partial charge in [-0.3, -0.25) is 28.8 Å². The number of carboxylic acid groups (broad SMARTS) is 1. The second kappa shape index (κ2) is 29.8. The number of benzene rings is 5. The number of hydrogen-bond acceptors (Lipinski definition) is 10. The minimum Gasteiger partial charge on any atom is -0.488 e. The van der Waals surface area contributed by atoms with E-state index in [2.05, 4.69) is 26.6 Å². The van der Waals surface area contributed by atoms with E-state index in [1.807, 2.05) is 152 Å². The summed E-state index contributed by atoms with van der Waals surface area (Å²) in [5, 5.41) is 24.9. The van der Waals surface area contributed by atoms with E-state index in [9.17, 15) is 19.5 Å². The van der Waals surface area contributed by atoms with Crippen molar-refractivity contribution >= 4 is 41.4 Å². The van der Waals surface area contributed by atoms with Crippen molar-refractivity contribution in [3.63, 3.8) is 0 Å². The molecule has 1 saturated heterocycles. The highest BCUT2D eigenvalue weighted by atomic mass is 16.5. The molecule has 17 nitrogen and oxygen atoms in total. The second-order valence-electron chi connectivity index (χ2n) is 24.9. The Bertz CT molecular complexity index is 2900. The number of carboxylic acids is 1. The maximum Gasteiger partial charge on any atom is 0.326 e. The molecule has 6 amide bonds. The third kappa shape index (κ3) is 19.9. The molecule has 1 aliphatic heterocycles. The Labute approximate surface area is 501 Å². The van der Waals surface area contributed by atoms with Gasteiger partial charge in [-0.1, -0.05) is 153 Å². The van der Waals surface area contributed by atoms with Crippen molar-refractivity contribution in [2.45, 2.75) is 192 Å². The normalized spacial score (nSPS) is 16.4. The number of hydrogen-bond donors (Lipinski definition) is 6. The van der Waals surface area contributed by atoms with Gasteiger partial charge in [0.05, 0.1) is 29.8 Å². The van der Waals surface area contributed by atoms with E-state index < -0.39 is 107 Å². The van der Waals surface area contributed by atoms with E-state index in [4.69, 9.17) is 14.2 Å². The van der Waals surface area contributed by atoms with Gasteiger partial charge < -0.3 is 50.8 Å². The monoisotopic (exact) mass is 1160 g/mol. The van der Waals surface area contributed by atoms with Crippen molar-refractivity contribution in [3.8, 4) is 5.75 Å². The van der Waals surface area contributed by atoms with E-state index in [0.29, 0.717) is 34.4 Å². The molecule has 0 unspecified atom stereocenters. The summed E-state index contributed by atoms with van der Waals surface area (Å²) in [6.45, 7) is 20.2. The first-order valence-electron chi connectivity index (χ1n) is 29.5. The number of rotatable bonds is 27. The quantitative estimate of drug-likeness (QED) is 0.0215. The molecule has 1 fully saturated rings. The first-order valence-corrected chi connectivity index (χ1v) is 29.5. The van der Waals surface area contributed by atoms with Crippen molar-refractivity contribution < 1.29 is 52.9 Å². The number of carbonyl (C=O) groups is 7. The standard InChI is InChI=1S/C68H88N6O11/c1-12-13-18-35-57(75)69-54(40-47-36-38-51(39-37-47)84-66(6,7)8)63(80)74-44-52(85-67(9,10)11)42-56(74)61(78)70-53(43-58(76)73-68(48-29-21-15-22-30-48,49-31-23-16-24-32-49)50-33-25-17-26-34-50)60(77)72-59(45(2)83-65(3,4)5)62(79)71-55(64(81)82)41-46-27-19-14-20-28-46/h14-17,19-34,36-39,45,52-56,59H,12-13,18,35,40-44H2,1-11H3,(H,69,75)(H,70,78)(H,71,79)(H,72,77)(H,73,76)(H,81,82)/t45-,52-,53+,54+,55+,56+,59+/m1/s1. The van der Waals surface area contributed by atoms with Gasteiger partial charge in [-0.15, -0.1) is 0 Å². The average molecular weight is 1170 g/mol. The van der Waals surface area contributed by atoms with Crippen LogP contribution in [0, 0.1) is 0 Å². The summed E-state index contributed by atoms with van der Waals surface area (Å²) in [7, 11) is 0. The number of nitrogens with zero attached hydrogens (tertiary/aromatic N) is 1. The van der Waals surface area contributed by atoms with Gasteiger partial charge in [-0.2, -0.15) is 0 Å². The van der Waals surface area contributed by atoms with Crippen molar-refractivity contribution in [1.29, 1.82) is 0 Å². The van der Waals surface area contributed by atoms with E-state index in [1.165, 1.54) is 4.90 Å². The fourth-order valence-corrected chi connectivity index (χ4v) is 10.7. The number of carbonyl (C=O) groups excluding carboxylic acids is 6. The van der Waals surface area contributed by atoms with Gasteiger partial charge in [0.2, 0.25) is 35.4 Å². The fraction of sp³-hybridized carbons (Fsp3) is 0.456. The summed E-state index contributed by atoms with van der Waals surface area (Å²) in [5.74, 6) is -4.98. The number of aliphatic carboxylic acids is 1. The van der Waals surface area contributed by atoms with Gasteiger partial charge in [-0.25, -0.2) is 4.79 Å². The van der Waals surface area contributed by atoms with Crippen LogP contribution in [0.15, 0.2) is 146 Å². The lowest BCUT2D eigenvalue weighted by Gasteiger charge is -2.37. The lowest BCUT2D eigenvalue weighted by molar-refractivity contribution is -0.145. The molecular weight excluding hydrogens is 1080 g/mol. The van der Waals surface area contributed by atoms with Crippen LogP contribution in [0.4, 0.5) is 0 Å².